The molecule has 0 aromatic rings. The van der Waals surface area contributed by atoms with E-state index in [1.54, 1.807) is 6.08 Å². The predicted molar refractivity (Wildman–Crippen MR) is 140 cm³/mol. The maximum absolute atomic E-state index is 13.9. The van der Waals surface area contributed by atoms with Crippen LogP contribution in [-0.2, 0) is 9.59 Å². The highest BCUT2D eigenvalue weighted by Crippen LogP contribution is 2.65. The Hall–Kier alpha value is -1.60. The highest BCUT2D eigenvalue weighted by molar-refractivity contribution is 5.96. The molecule has 3 fully saturated rings. The molecule has 4 rings (SSSR count). The number of urea groups is 1. The molecule has 3 saturated carbocycles. The normalized spacial score (nSPS) is 37.4. The van der Waals surface area contributed by atoms with Gasteiger partial charge in [-0.3, -0.25) is 14.5 Å². The molecule has 2 unspecified atom stereocenters. The van der Waals surface area contributed by atoms with Gasteiger partial charge in [0, 0.05) is 30.5 Å². The molecule has 0 radical (unpaired) electrons. The first kappa shape index (κ1) is 28.0. The molecule has 2 N–H and O–H groups in total. The van der Waals surface area contributed by atoms with Crippen molar-refractivity contribution in [3.8, 4) is 0 Å². The SMILES string of the molecule is CCNC(=O)N(CCCN(C)C)C(=O)C1CC[C@H]2[C@@H]3CCC4NC(=O)C=C[C@]4(C)[C@@H]3CC[C@]12C.Cl. The Labute approximate surface area is 217 Å². The minimum atomic E-state index is -0.247. The zero-order chi connectivity index (χ0) is 24.7. The van der Waals surface area contributed by atoms with E-state index in [2.05, 4.69) is 35.5 Å². The van der Waals surface area contributed by atoms with Crippen molar-refractivity contribution in [1.82, 2.24) is 20.4 Å². The number of nitrogens with zero attached hydrogens (tertiary/aromatic N) is 2. The van der Waals surface area contributed by atoms with Gasteiger partial charge in [-0.25, -0.2) is 4.79 Å². The number of carbonyl (C=O) groups excluding carboxylic acids is 3. The smallest absolute Gasteiger partial charge is 0.324 e. The first-order valence-electron chi connectivity index (χ1n) is 13.4. The van der Waals surface area contributed by atoms with E-state index in [9.17, 15) is 14.4 Å². The van der Waals surface area contributed by atoms with E-state index in [1.165, 1.54) is 4.90 Å². The number of rotatable bonds is 6. The summed E-state index contributed by atoms with van der Waals surface area (Å²) in [6.07, 6.45) is 10.8. The number of imide groups is 1. The number of hydrogen-bond acceptors (Lipinski definition) is 4. The molecule has 35 heavy (non-hydrogen) atoms. The lowest BCUT2D eigenvalue weighted by atomic mass is 9.48. The number of amides is 4. The highest BCUT2D eigenvalue weighted by Gasteiger charge is 2.61. The minimum absolute atomic E-state index is 0. The molecular formula is C27H45ClN4O3. The van der Waals surface area contributed by atoms with Crippen molar-refractivity contribution in [1.29, 1.82) is 0 Å². The zero-order valence-corrected chi connectivity index (χ0v) is 23.0. The second-order valence-electron chi connectivity index (χ2n) is 11.9. The van der Waals surface area contributed by atoms with Crippen LogP contribution in [0.2, 0.25) is 0 Å². The molecule has 4 aliphatic rings. The molecule has 198 valence electrons. The van der Waals surface area contributed by atoms with Crippen LogP contribution in [0, 0.1) is 34.5 Å². The third-order valence-electron chi connectivity index (χ3n) is 9.81. The molecular weight excluding hydrogens is 464 g/mol. The van der Waals surface area contributed by atoms with E-state index < -0.39 is 0 Å². The summed E-state index contributed by atoms with van der Waals surface area (Å²) in [4.78, 5) is 42.3. The van der Waals surface area contributed by atoms with Gasteiger partial charge >= 0.3 is 6.03 Å². The second kappa shape index (κ2) is 10.8. The fourth-order valence-corrected chi connectivity index (χ4v) is 8.03. The van der Waals surface area contributed by atoms with Gasteiger partial charge in [-0.2, -0.15) is 0 Å². The average Bonchev–Trinajstić information content (AvgIpc) is 3.14. The monoisotopic (exact) mass is 508 g/mol. The Morgan fingerprint density at radius 3 is 2.51 bits per heavy atom. The first-order valence-corrected chi connectivity index (χ1v) is 13.4. The molecule has 0 spiro atoms. The Balaban J connectivity index is 0.00000342. The third kappa shape index (κ3) is 5.00. The van der Waals surface area contributed by atoms with Crippen molar-refractivity contribution in [3.05, 3.63) is 12.2 Å². The van der Waals surface area contributed by atoms with E-state index in [0.29, 0.717) is 30.8 Å². The summed E-state index contributed by atoms with van der Waals surface area (Å²) >= 11 is 0. The topological polar surface area (TPSA) is 81.8 Å². The Kier molecular flexibility index (Phi) is 8.63. The van der Waals surface area contributed by atoms with E-state index in [4.69, 9.17) is 0 Å². The molecule has 8 heteroatoms. The van der Waals surface area contributed by atoms with Gasteiger partial charge in [-0.1, -0.05) is 19.9 Å². The van der Waals surface area contributed by atoms with Gasteiger partial charge in [0.2, 0.25) is 11.8 Å². The lowest BCUT2D eigenvalue weighted by molar-refractivity contribution is -0.141. The van der Waals surface area contributed by atoms with Crippen molar-refractivity contribution in [3.63, 3.8) is 0 Å². The van der Waals surface area contributed by atoms with Crippen LogP contribution in [0.1, 0.15) is 65.7 Å². The van der Waals surface area contributed by atoms with Crippen molar-refractivity contribution in [2.45, 2.75) is 71.8 Å². The van der Waals surface area contributed by atoms with E-state index in [-0.39, 0.29) is 53.0 Å². The van der Waals surface area contributed by atoms with Crippen LogP contribution in [0.15, 0.2) is 12.2 Å². The van der Waals surface area contributed by atoms with Gasteiger partial charge < -0.3 is 15.5 Å². The number of halogens is 1. The third-order valence-corrected chi connectivity index (χ3v) is 9.81. The zero-order valence-electron chi connectivity index (χ0n) is 22.1. The molecule has 7 atom stereocenters. The van der Waals surface area contributed by atoms with Crippen LogP contribution in [0.4, 0.5) is 4.79 Å². The largest absolute Gasteiger partial charge is 0.349 e. The van der Waals surface area contributed by atoms with E-state index >= 15 is 0 Å². The van der Waals surface area contributed by atoms with Crippen LogP contribution in [0.25, 0.3) is 0 Å². The number of fused-ring (bicyclic) bond motifs is 5. The fourth-order valence-electron chi connectivity index (χ4n) is 8.03. The van der Waals surface area contributed by atoms with Crippen LogP contribution >= 0.6 is 12.4 Å². The van der Waals surface area contributed by atoms with E-state index in [1.807, 2.05) is 21.0 Å². The average molecular weight is 509 g/mol. The molecule has 0 aromatic heterocycles. The minimum Gasteiger partial charge on any atom is -0.349 e. The predicted octanol–water partition coefficient (Wildman–Crippen LogP) is 3.83. The van der Waals surface area contributed by atoms with Crippen LogP contribution in [0.5, 0.6) is 0 Å². The summed E-state index contributed by atoms with van der Waals surface area (Å²) in [5.74, 6) is 1.58. The highest BCUT2D eigenvalue weighted by atomic mass is 35.5. The van der Waals surface area contributed by atoms with Gasteiger partial charge in [0.1, 0.15) is 0 Å². The summed E-state index contributed by atoms with van der Waals surface area (Å²) < 4.78 is 0. The van der Waals surface area contributed by atoms with Crippen molar-refractivity contribution < 1.29 is 14.4 Å². The maximum Gasteiger partial charge on any atom is 0.324 e. The number of hydrogen-bond donors (Lipinski definition) is 2. The molecule has 1 aliphatic heterocycles. The first-order chi connectivity index (χ1) is 16.1. The summed E-state index contributed by atoms with van der Waals surface area (Å²) in [5.41, 5.74) is -0.0607. The fraction of sp³-hybridized carbons (Fsp3) is 0.815. The van der Waals surface area contributed by atoms with Crippen molar-refractivity contribution in [2.75, 3.05) is 33.7 Å². The summed E-state index contributed by atoms with van der Waals surface area (Å²) in [6.45, 7) is 8.39. The van der Waals surface area contributed by atoms with Crippen molar-refractivity contribution >= 4 is 30.3 Å². The van der Waals surface area contributed by atoms with Gasteiger partial charge in [0.25, 0.3) is 0 Å². The molecule has 0 saturated heterocycles. The number of nitrogens with one attached hydrogen (secondary N) is 2. The maximum atomic E-state index is 13.9. The molecule has 1 heterocycles. The van der Waals surface area contributed by atoms with Gasteiger partial charge in [-0.05, 0) is 102 Å². The van der Waals surface area contributed by atoms with Crippen LogP contribution < -0.4 is 10.6 Å². The lowest BCUT2D eigenvalue weighted by Crippen LogP contribution is -2.59. The lowest BCUT2D eigenvalue weighted by Gasteiger charge is -2.58. The number of carbonyl (C=O) groups is 3. The standard InChI is InChI=1S/C27H44N4O3.ClH/c1-6-28-25(34)31(17-7-16-30(4)5)24(33)21-10-9-19-18-8-11-22-27(3,15-13-23(32)29-22)20(18)12-14-26(19,21)2;/h13,15,18-22H,6-12,14,16-17H2,1-5H3,(H,28,34)(H,29,32);1H/t18-,19-,20+,21?,22?,26-,27+;/m0./s1. The Bertz CT molecular complexity index is 848. The molecule has 0 aromatic carbocycles. The Morgan fingerprint density at radius 1 is 1.09 bits per heavy atom. The quantitative estimate of drug-likeness (QED) is 0.571. The Morgan fingerprint density at radius 2 is 1.83 bits per heavy atom. The summed E-state index contributed by atoms with van der Waals surface area (Å²) in [6, 6.07) is -0.0255. The van der Waals surface area contributed by atoms with E-state index in [0.717, 1.165) is 51.5 Å². The second-order valence-corrected chi connectivity index (χ2v) is 11.9. The van der Waals surface area contributed by atoms with Crippen LogP contribution in [-0.4, -0.2) is 67.4 Å². The summed E-state index contributed by atoms with van der Waals surface area (Å²) in [7, 11) is 4.03. The molecule has 4 amide bonds. The van der Waals surface area contributed by atoms with Gasteiger partial charge in [-0.15, -0.1) is 12.4 Å². The molecule has 0 bridgehead atoms. The van der Waals surface area contributed by atoms with Crippen molar-refractivity contribution in [2.24, 2.45) is 34.5 Å². The van der Waals surface area contributed by atoms with Gasteiger partial charge in [0.15, 0.2) is 0 Å². The summed E-state index contributed by atoms with van der Waals surface area (Å²) in [5, 5.41) is 6.09. The van der Waals surface area contributed by atoms with Crippen LogP contribution in [0.3, 0.4) is 0 Å². The molecule has 7 nitrogen and oxygen atoms in total. The molecule has 3 aliphatic carbocycles. The van der Waals surface area contributed by atoms with Gasteiger partial charge in [0.05, 0.1) is 0 Å².